The molecule has 3 aromatic carbocycles. The first-order valence-corrected chi connectivity index (χ1v) is 14.3. The highest BCUT2D eigenvalue weighted by Gasteiger charge is 2.33. The number of benzene rings is 3. The van der Waals surface area contributed by atoms with Gasteiger partial charge in [0.05, 0.1) is 17.2 Å². The van der Waals surface area contributed by atoms with Crippen molar-refractivity contribution in [2.24, 2.45) is 0 Å². The fraction of sp³-hybridized carbons (Fsp3) is 0.310. The molecule has 0 unspecified atom stereocenters. The number of nitrogens with zero attached hydrogens (tertiary/aromatic N) is 2. The number of rotatable bonds is 13. The molecule has 3 rings (SSSR count). The molecule has 214 valence electrons. The molecule has 11 heteroatoms. The highest BCUT2D eigenvalue weighted by molar-refractivity contribution is 7.92. The second kappa shape index (κ2) is 13.9. The van der Waals surface area contributed by atoms with E-state index in [1.807, 2.05) is 6.92 Å². The van der Waals surface area contributed by atoms with Crippen LogP contribution in [0.1, 0.15) is 32.8 Å². The Balaban J connectivity index is 2.01. The summed E-state index contributed by atoms with van der Waals surface area (Å²) in [5.41, 5.74) is 0.200. The Hall–Kier alpha value is -3.99. The van der Waals surface area contributed by atoms with Crippen molar-refractivity contribution < 1.29 is 31.5 Å². The molecule has 40 heavy (non-hydrogen) atoms. The lowest BCUT2D eigenvalue weighted by atomic mass is 10.1. The molecule has 0 aliphatic carbocycles. The highest BCUT2D eigenvalue weighted by atomic mass is 32.2. The summed E-state index contributed by atoms with van der Waals surface area (Å²) in [4.78, 5) is 27.6. The maximum atomic E-state index is 14.6. The van der Waals surface area contributed by atoms with E-state index in [1.54, 1.807) is 13.0 Å². The summed E-state index contributed by atoms with van der Waals surface area (Å²) >= 11 is 0. The van der Waals surface area contributed by atoms with Gasteiger partial charge in [0.25, 0.3) is 10.0 Å². The Kier molecular flexibility index (Phi) is 10.6. The smallest absolute Gasteiger partial charge is 0.264 e. The Morgan fingerprint density at radius 1 is 0.950 bits per heavy atom. The number of ether oxygens (including phenoxy) is 1. The zero-order valence-electron chi connectivity index (χ0n) is 22.6. The van der Waals surface area contributed by atoms with Crippen LogP contribution < -0.4 is 14.4 Å². The number of hydrogen-bond donors (Lipinski definition) is 1. The number of amides is 2. The van der Waals surface area contributed by atoms with Crippen LogP contribution in [0.2, 0.25) is 0 Å². The van der Waals surface area contributed by atoms with Crippen molar-refractivity contribution in [3.05, 3.63) is 90.0 Å². The molecule has 0 saturated carbocycles. The number of sulfonamides is 1. The van der Waals surface area contributed by atoms with Gasteiger partial charge in [-0.1, -0.05) is 25.1 Å². The maximum absolute atomic E-state index is 14.6. The molecule has 0 heterocycles. The number of halogens is 2. The van der Waals surface area contributed by atoms with Crippen molar-refractivity contribution in [2.45, 2.75) is 44.7 Å². The van der Waals surface area contributed by atoms with Crippen LogP contribution in [0.4, 0.5) is 14.5 Å². The molecule has 0 radical (unpaired) electrons. The number of nitrogens with one attached hydrogen (secondary N) is 1. The van der Waals surface area contributed by atoms with Crippen molar-refractivity contribution in [3.8, 4) is 5.75 Å². The second-order valence-electron chi connectivity index (χ2n) is 8.97. The summed E-state index contributed by atoms with van der Waals surface area (Å²) in [6, 6.07) is 15.1. The molecule has 0 bridgehead atoms. The van der Waals surface area contributed by atoms with E-state index >= 15 is 0 Å². The third-order valence-corrected chi connectivity index (χ3v) is 7.92. The fourth-order valence-electron chi connectivity index (χ4n) is 3.93. The topological polar surface area (TPSA) is 96.0 Å². The predicted molar refractivity (Wildman–Crippen MR) is 148 cm³/mol. The average Bonchev–Trinajstić information content (AvgIpc) is 2.94. The lowest BCUT2D eigenvalue weighted by molar-refractivity contribution is -0.139. The van der Waals surface area contributed by atoms with Gasteiger partial charge < -0.3 is 15.0 Å². The van der Waals surface area contributed by atoms with E-state index in [0.29, 0.717) is 25.3 Å². The average molecular weight is 574 g/mol. The standard InChI is InChI=1S/C29H33F2N3O5S/c1-4-18-32-29(36)21(3)33(19-22-8-6-7-9-27(22)31)28(35)20-34(24-12-10-23(30)11-13-24)40(37,38)26-16-14-25(15-17-26)39-5-2/h6-17,21H,4-5,18-20H2,1-3H3,(H,32,36)/t21-/m1/s1. The molecule has 0 aliphatic rings. The van der Waals surface area contributed by atoms with Crippen molar-refractivity contribution in [3.63, 3.8) is 0 Å². The zero-order valence-corrected chi connectivity index (χ0v) is 23.5. The summed E-state index contributed by atoms with van der Waals surface area (Å²) in [7, 11) is -4.34. The Bertz CT molecular complexity index is 1400. The van der Waals surface area contributed by atoms with Crippen LogP contribution in [-0.2, 0) is 26.2 Å². The van der Waals surface area contributed by atoms with E-state index < -0.39 is 46.1 Å². The Morgan fingerprint density at radius 2 is 1.60 bits per heavy atom. The molecule has 1 N–H and O–H groups in total. The van der Waals surface area contributed by atoms with Crippen LogP contribution in [0.25, 0.3) is 0 Å². The minimum Gasteiger partial charge on any atom is -0.494 e. The lowest BCUT2D eigenvalue weighted by Gasteiger charge is -2.32. The van der Waals surface area contributed by atoms with Gasteiger partial charge in [-0.2, -0.15) is 0 Å². The van der Waals surface area contributed by atoms with Gasteiger partial charge in [0, 0.05) is 18.7 Å². The number of carbonyl (C=O) groups excluding carboxylic acids is 2. The van der Waals surface area contributed by atoms with Crippen LogP contribution in [0.5, 0.6) is 5.75 Å². The van der Waals surface area contributed by atoms with Crippen LogP contribution in [-0.4, -0.2) is 50.9 Å². The summed E-state index contributed by atoms with van der Waals surface area (Å²) in [6.45, 7) is 4.94. The SMILES string of the molecule is CCCNC(=O)[C@@H](C)N(Cc1ccccc1F)C(=O)CN(c1ccc(F)cc1)S(=O)(=O)c1ccc(OCC)cc1. The van der Waals surface area contributed by atoms with Gasteiger partial charge in [0.1, 0.15) is 30.0 Å². The van der Waals surface area contributed by atoms with Crippen molar-refractivity contribution in [1.29, 1.82) is 0 Å². The molecule has 0 fully saturated rings. The van der Waals surface area contributed by atoms with Crippen molar-refractivity contribution >= 4 is 27.5 Å². The molecule has 2 amide bonds. The van der Waals surface area contributed by atoms with Crippen molar-refractivity contribution in [1.82, 2.24) is 10.2 Å². The minimum absolute atomic E-state index is 0.0394. The third kappa shape index (κ3) is 7.56. The second-order valence-corrected chi connectivity index (χ2v) is 10.8. The third-order valence-electron chi connectivity index (χ3n) is 6.13. The fourth-order valence-corrected chi connectivity index (χ4v) is 5.34. The quantitative estimate of drug-likeness (QED) is 0.325. The Labute approximate surface area is 233 Å². The molecule has 3 aromatic rings. The van der Waals surface area contributed by atoms with Crippen LogP contribution >= 0.6 is 0 Å². The predicted octanol–water partition coefficient (Wildman–Crippen LogP) is 4.50. The van der Waals surface area contributed by atoms with Crippen molar-refractivity contribution in [2.75, 3.05) is 24.0 Å². The van der Waals surface area contributed by atoms with E-state index in [-0.39, 0.29) is 22.7 Å². The summed E-state index contributed by atoms with van der Waals surface area (Å²) in [5, 5.41) is 2.72. The number of hydrogen-bond acceptors (Lipinski definition) is 5. The zero-order chi connectivity index (χ0) is 29.3. The van der Waals surface area contributed by atoms with Gasteiger partial charge in [-0.05, 0) is 74.9 Å². The van der Waals surface area contributed by atoms with Gasteiger partial charge in [-0.15, -0.1) is 0 Å². The molecular formula is C29H33F2N3O5S. The van der Waals surface area contributed by atoms with E-state index in [9.17, 15) is 26.8 Å². The Morgan fingerprint density at radius 3 is 2.20 bits per heavy atom. The van der Waals surface area contributed by atoms with Gasteiger partial charge in [-0.3, -0.25) is 13.9 Å². The number of carbonyl (C=O) groups is 2. The van der Waals surface area contributed by atoms with Crippen LogP contribution in [0, 0.1) is 11.6 Å². The van der Waals surface area contributed by atoms with Gasteiger partial charge in [0.15, 0.2) is 0 Å². The van der Waals surface area contributed by atoms with E-state index in [4.69, 9.17) is 4.74 Å². The molecule has 0 saturated heterocycles. The first-order valence-electron chi connectivity index (χ1n) is 12.9. The highest BCUT2D eigenvalue weighted by Crippen LogP contribution is 2.26. The van der Waals surface area contributed by atoms with Gasteiger partial charge in [-0.25, -0.2) is 17.2 Å². The summed E-state index contributed by atoms with van der Waals surface area (Å²) < 4.78 is 62.1. The monoisotopic (exact) mass is 573 g/mol. The number of anilines is 1. The largest absolute Gasteiger partial charge is 0.494 e. The van der Waals surface area contributed by atoms with E-state index in [0.717, 1.165) is 21.3 Å². The molecule has 1 atom stereocenters. The molecule has 8 nitrogen and oxygen atoms in total. The molecule has 0 aliphatic heterocycles. The first-order chi connectivity index (χ1) is 19.1. The summed E-state index contributed by atoms with van der Waals surface area (Å²) in [5.74, 6) is -1.90. The minimum atomic E-state index is -4.34. The van der Waals surface area contributed by atoms with E-state index in [2.05, 4.69) is 5.32 Å². The van der Waals surface area contributed by atoms with E-state index in [1.165, 1.54) is 61.5 Å². The van der Waals surface area contributed by atoms with Gasteiger partial charge in [0.2, 0.25) is 11.8 Å². The molecular weight excluding hydrogens is 540 g/mol. The summed E-state index contributed by atoms with van der Waals surface area (Å²) in [6.07, 6.45) is 0.665. The molecule has 0 aromatic heterocycles. The lowest BCUT2D eigenvalue weighted by Crippen LogP contribution is -2.51. The first kappa shape index (κ1) is 30.6. The van der Waals surface area contributed by atoms with Crippen LogP contribution in [0.3, 0.4) is 0 Å². The normalized spacial score (nSPS) is 11.9. The van der Waals surface area contributed by atoms with Gasteiger partial charge >= 0.3 is 0 Å². The molecule has 0 spiro atoms. The maximum Gasteiger partial charge on any atom is 0.264 e. The van der Waals surface area contributed by atoms with Crippen LogP contribution in [0.15, 0.2) is 77.7 Å².